The van der Waals surface area contributed by atoms with E-state index in [1.807, 2.05) is 4.90 Å². The number of rotatable bonds is 2. The summed E-state index contributed by atoms with van der Waals surface area (Å²) in [7, 11) is 0. The fourth-order valence-electron chi connectivity index (χ4n) is 3.06. The zero-order valence-electron chi connectivity index (χ0n) is 14.6. The first-order valence-corrected chi connectivity index (χ1v) is 8.46. The number of carbonyl (C=O) groups is 1. The number of anilines is 2. The van der Waals surface area contributed by atoms with E-state index in [0.29, 0.717) is 24.3 Å². The summed E-state index contributed by atoms with van der Waals surface area (Å²) in [4.78, 5) is 16.6. The lowest BCUT2D eigenvalue weighted by Gasteiger charge is -2.37. The number of carbonyl (C=O) groups excluding carboxylic acids is 1. The van der Waals surface area contributed by atoms with Crippen LogP contribution in [-0.4, -0.2) is 37.1 Å². The predicted octanol–water partition coefficient (Wildman–Crippen LogP) is 3.53. The second kappa shape index (κ2) is 7.27. The summed E-state index contributed by atoms with van der Waals surface area (Å²) in [5.74, 6) is 0. The van der Waals surface area contributed by atoms with Gasteiger partial charge >= 0.3 is 6.03 Å². The van der Waals surface area contributed by atoms with Crippen LogP contribution in [0.5, 0.6) is 0 Å². The molecule has 1 fully saturated rings. The average molecular weight is 334 g/mol. The molecular weight excluding hydrogens is 312 g/mol. The highest BCUT2D eigenvalue weighted by Gasteiger charge is 2.22. The standard InChI is InChI=1S/C20H22N4O/c1-15-4-3-5-19(16(15)2)23-10-12-24(13-11-23)20(25)22-18-8-6-17(14-21)7-9-18/h3-9H,10-13H2,1-2H3,(H,22,25). The first-order chi connectivity index (χ1) is 12.1. The third-order valence-electron chi connectivity index (χ3n) is 4.75. The number of nitrogens with one attached hydrogen (secondary N) is 1. The van der Waals surface area contributed by atoms with E-state index in [1.165, 1.54) is 16.8 Å². The molecule has 2 amide bonds. The summed E-state index contributed by atoms with van der Waals surface area (Å²) in [5.41, 5.74) is 5.14. The van der Waals surface area contributed by atoms with E-state index in [0.717, 1.165) is 13.1 Å². The number of benzene rings is 2. The Morgan fingerprint density at radius 3 is 2.36 bits per heavy atom. The molecular formula is C20H22N4O. The molecule has 0 unspecified atom stereocenters. The molecule has 25 heavy (non-hydrogen) atoms. The summed E-state index contributed by atoms with van der Waals surface area (Å²) in [6, 6.07) is 15.2. The van der Waals surface area contributed by atoms with Crippen molar-refractivity contribution in [3.05, 3.63) is 59.2 Å². The predicted molar refractivity (Wildman–Crippen MR) is 99.9 cm³/mol. The molecule has 1 aliphatic heterocycles. The average Bonchev–Trinajstić information content (AvgIpc) is 2.65. The van der Waals surface area contributed by atoms with E-state index in [9.17, 15) is 4.79 Å². The third-order valence-corrected chi connectivity index (χ3v) is 4.75. The first-order valence-electron chi connectivity index (χ1n) is 8.46. The van der Waals surface area contributed by atoms with Crippen molar-refractivity contribution in [2.24, 2.45) is 0 Å². The van der Waals surface area contributed by atoms with E-state index < -0.39 is 0 Å². The highest BCUT2D eigenvalue weighted by Crippen LogP contribution is 2.24. The molecule has 1 aliphatic rings. The highest BCUT2D eigenvalue weighted by atomic mass is 16.2. The highest BCUT2D eigenvalue weighted by molar-refractivity contribution is 5.89. The molecule has 3 rings (SSSR count). The Bertz CT molecular complexity index is 799. The minimum Gasteiger partial charge on any atom is -0.368 e. The molecule has 1 N–H and O–H groups in total. The minimum absolute atomic E-state index is 0.0923. The van der Waals surface area contributed by atoms with E-state index in [-0.39, 0.29) is 6.03 Å². The summed E-state index contributed by atoms with van der Waals surface area (Å²) in [6.45, 7) is 7.30. The van der Waals surface area contributed by atoms with Crippen molar-refractivity contribution in [3.63, 3.8) is 0 Å². The molecule has 2 aromatic carbocycles. The van der Waals surface area contributed by atoms with Crippen LogP contribution < -0.4 is 10.2 Å². The number of nitrogens with zero attached hydrogens (tertiary/aromatic N) is 3. The maximum atomic E-state index is 12.4. The molecule has 0 saturated carbocycles. The third kappa shape index (κ3) is 3.74. The number of aryl methyl sites for hydroxylation is 1. The Balaban J connectivity index is 1.59. The van der Waals surface area contributed by atoms with Crippen molar-refractivity contribution in [1.29, 1.82) is 5.26 Å². The zero-order valence-corrected chi connectivity index (χ0v) is 14.6. The molecule has 0 radical (unpaired) electrons. The minimum atomic E-state index is -0.0923. The molecule has 2 aromatic rings. The van der Waals surface area contributed by atoms with Gasteiger partial charge in [-0.1, -0.05) is 12.1 Å². The van der Waals surface area contributed by atoms with Crippen molar-refractivity contribution in [2.45, 2.75) is 13.8 Å². The van der Waals surface area contributed by atoms with Gasteiger partial charge in [-0.25, -0.2) is 4.79 Å². The van der Waals surface area contributed by atoms with E-state index in [1.54, 1.807) is 24.3 Å². The Labute approximate surface area is 148 Å². The van der Waals surface area contributed by atoms with E-state index >= 15 is 0 Å². The summed E-state index contributed by atoms with van der Waals surface area (Å²) >= 11 is 0. The van der Waals surface area contributed by atoms with Crippen LogP contribution in [0.15, 0.2) is 42.5 Å². The second-order valence-electron chi connectivity index (χ2n) is 6.31. The van der Waals surface area contributed by atoms with Crippen LogP contribution >= 0.6 is 0 Å². The molecule has 128 valence electrons. The molecule has 5 nitrogen and oxygen atoms in total. The van der Waals surface area contributed by atoms with Crippen molar-refractivity contribution in [3.8, 4) is 6.07 Å². The topological polar surface area (TPSA) is 59.4 Å². The lowest BCUT2D eigenvalue weighted by molar-refractivity contribution is 0.208. The van der Waals surface area contributed by atoms with Gasteiger partial charge < -0.3 is 15.1 Å². The maximum absolute atomic E-state index is 12.4. The molecule has 1 heterocycles. The number of nitriles is 1. The van der Waals surface area contributed by atoms with Gasteiger partial charge in [0.2, 0.25) is 0 Å². The van der Waals surface area contributed by atoms with Crippen LogP contribution in [0.25, 0.3) is 0 Å². The number of urea groups is 1. The fourth-order valence-corrected chi connectivity index (χ4v) is 3.06. The van der Waals surface area contributed by atoms with Gasteiger partial charge in [0.15, 0.2) is 0 Å². The van der Waals surface area contributed by atoms with Crippen molar-refractivity contribution in [2.75, 3.05) is 36.4 Å². The fraction of sp³-hybridized carbons (Fsp3) is 0.300. The summed E-state index contributed by atoms with van der Waals surface area (Å²) < 4.78 is 0. The van der Waals surface area contributed by atoms with E-state index in [4.69, 9.17) is 5.26 Å². The van der Waals surface area contributed by atoms with Gasteiger partial charge in [0.1, 0.15) is 0 Å². The van der Waals surface area contributed by atoms with Crippen LogP contribution in [0.2, 0.25) is 0 Å². The molecule has 0 aliphatic carbocycles. The van der Waals surface area contributed by atoms with Gasteiger partial charge in [-0.3, -0.25) is 0 Å². The van der Waals surface area contributed by atoms with Gasteiger partial charge in [-0.05, 0) is 55.3 Å². The first kappa shape index (κ1) is 16.8. The SMILES string of the molecule is Cc1cccc(N2CCN(C(=O)Nc3ccc(C#N)cc3)CC2)c1C. The van der Waals surface area contributed by atoms with Crippen LogP contribution in [-0.2, 0) is 0 Å². The Morgan fingerprint density at radius 1 is 1.04 bits per heavy atom. The van der Waals surface area contributed by atoms with Gasteiger partial charge in [-0.2, -0.15) is 5.26 Å². The van der Waals surface area contributed by atoms with Gasteiger partial charge in [-0.15, -0.1) is 0 Å². The van der Waals surface area contributed by atoms with Crippen LogP contribution in [0.3, 0.4) is 0 Å². The van der Waals surface area contributed by atoms with Crippen molar-refractivity contribution >= 4 is 17.4 Å². The molecule has 0 bridgehead atoms. The van der Waals surface area contributed by atoms with E-state index in [2.05, 4.69) is 48.3 Å². The van der Waals surface area contributed by atoms with Gasteiger partial charge in [0, 0.05) is 37.6 Å². The number of piperazine rings is 1. The smallest absolute Gasteiger partial charge is 0.321 e. The van der Waals surface area contributed by atoms with Crippen LogP contribution in [0.1, 0.15) is 16.7 Å². The monoisotopic (exact) mass is 334 g/mol. The Morgan fingerprint density at radius 2 is 1.72 bits per heavy atom. The number of hydrogen-bond acceptors (Lipinski definition) is 3. The van der Waals surface area contributed by atoms with Crippen LogP contribution in [0, 0.1) is 25.2 Å². The summed E-state index contributed by atoms with van der Waals surface area (Å²) in [6.07, 6.45) is 0. The van der Waals surface area contributed by atoms with Crippen molar-refractivity contribution < 1.29 is 4.79 Å². The zero-order chi connectivity index (χ0) is 17.8. The quantitative estimate of drug-likeness (QED) is 0.914. The molecule has 1 saturated heterocycles. The maximum Gasteiger partial charge on any atom is 0.321 e. The van der Waals surface area contributed by atoms with Gasteiger partial charge in [0.05, 0.1) is 11.6 Å². The molecule has 5 heteroatoms. The molecule has 0 atom stereocenters. The number of hydrogen-bond donors (Lipinski definition) is 1. The van der Waals surface area contributed by atoms with Gasteiger partial charge in [0.25, 0.3) is 0 Å². The molecule has 0 spiro atoms. The summed E-state index contributed by atoms with van der Waals surface area (Å²) in [5, 5.41) is 11.7. The van der Waals surface area contributed by atoms with Crippen molar-refractivity contribution in [1.82, 2.24) is 4.90 Å². The van der Waals surface area contributed by atoms with Crippen LogP contribution in [0.4, 0.5) is 16.2 Å². The normalized spacial score (nSPS) is 14.1. The lowest BCUT2D eigenvalue weighted by atomic mass is 10.1. The number of amides is 2. The second-order valence-corrected chi connectivity index (χ2v) is 6.31. The molecule has 0 aromatic heterocycles. The Hall–Kier alpha value is -3.00. The largest absolute Gasteiger partial charge is 0.368 e. The lowest BCUT2D eigenvalue weighted by Crippen LogP contribution is -2.50. The Kier molecular flexibility index (Phi) is 4.90.